The molecule has 11 N–H and O–H groups in total. The van der Waals surface area contributed by atoms with Gasteiger partial charge in [0, 0.05) is 13.0 Å². The van der Waals surface area contributed by atoms with Crippen molar-refractivity contribution in [2.75, 3.05) is 19.7 Å². The Morgan fingerprint density at radius 3 is 1.68 bits per heavy atom. The van der Waals surface area contributed by atoms with Crippen molar-refractivity contribution in [2.45, 2.75) is 134 Å². The third-order valence-corrected chi connectivity index (χ3v) is 7.36. The fourth-order valence-electron chi connectivity index (χ4n) is 4.72. The predicted molar refractivity (Wildman–Crippen MR) is 176 cm³/mol. The highest BCUT2D eigenvalue weighted by atomic mass is 16.4. The molecule has 16 nitrogen and oxygen atoms in total. The van der Waals surface area contributed by atoms with Crippen LogP contribution in [0.15, 0.2) is 4.99 Å². The lowest BCUT2D eigenvalue weighted by molar-refractivity contribution is -0.144. The number of amides is 4. The molecule has 0 heterocycles. The number of carbonyl (C=O) groups excluding carboxylic acids is 4. The van der Waals surface area contributed by atoms with Crippen LogP contribution in [0.4, 0.5) is 0 Å². The van der Waals surface area contributed by atoms with Gasteiger partial charge in [-0.05, 0) is 19.3 Å². The van der Waals surface area contributed by atoms with Crippen LogP contribution in [-0.4, -0.2) is 94.7 Å². The summed E-state index contributed by atoms with van der Waals surface area (Å²) in [6, 6.07) is -4.40. The van der Waals surface area contributed by atoms with Gasteiger partial charge in [0.25, 0.3) is 0 Å². The van der Waals surface area contributed by atoms with Crippen molar-refractivity contribution in [1.29, 1.82) is 0 Å². The maximum absolute atomic E-state index is 12.9. The van der Waals surface area contributed by atoms with Gasteiger partial charge in [-0.3, -0.25) is 29.0 Å². The molecule has 0 aromatic rings. The van der Waals surface area contributed by atoms with E-state index in [4.69, 9.17) is 26.8 Å². The van der Waals surface area contributed by atoms with E-state index in [9.17, 15) is 28.8 Å². The minimum absolute atomic E-state index is 0.122. The van der Waals surface area contributed by atoms with Gasteiger partial charge in [-0.25, -0.2) is 4.79 Å². The molecule has 270 valence electrons. The van der Waals surface area contributed by atoms with Gasteiger partial charge in [-0.15, -0.1) is 0 Å². The minimum Gasteiger partial charge on any atom is -0.481 e. The summed E-state index contributed by atoms with van der Waals surface area (Å²) in [5.41, 5.74) is 10.7. The van der Waals surface area contributed by atoms with Crippen molar-refractivity contribution < 1.29 is 44.1 Å². The number of nitrogens with two attached hydrogens (primary N) is 2. The van der Waals surface area contributed by atoms with Crippen LogP contribution in [0.3, 0.4) is 0 Å². The monoisotopic (exact) mass is 671 g/mol. The molecule has 0 aliphatic rings. The highest BCUT2D eigenvalue weighted by Crippen LogP contribution is 2.13. The Morgan fingerprint density at radius 1 is 0.660 bits per heavy atom. The number of aliphatic hydroxyl groups excluding tert-OH is 1. The molecule has 0 saturated heterocycles. The number of unbranched alkanes of at least 4 members (excludes halogenated alkanes) is 12. The fraction of sp³-hybridized carbons (Fsp3) is 0.774. The number of rotatable bonds is 29. The molecule has 0 spiro atoms. The summed E-state index contributed by atoms with van der Waals surface area (Å²) >= 11 is 0. The van der Waals surface area contributed by atoms with Crippen LogP contribution >= 0.6 is 0 Å². The number of aliphatic imine (C=N–C) groups is 1. The number of carboxylic acid groups (broad SMARTS) is 2. The Kier molecular flexibility index (Phi) is 24.9. The number of carboxylic acids is 2. The lowest BCUT2D eigenvalue weighted by Crippen LogP contribution is -2.55. The van der Waals surface area contributed by atoms with E-state index in [1.807, 2.05) is 5.32 Å². The molecular formula is C31H57N7O9. The quantitative estimate of drug-likeness (QED) is 0.0302. The molecule has 0 aromatic heterocycles. The standard InChI is InChI=1S/C31H57N7O9/c1-2-3-4-5-6-7-8-9-10-11-12-13-14-17-25(40)36-22(16-15-18-34-31(32)33)28(44)35-20-26(41)37-23(19-27(42)43)29(45)38-24(21-39)30(46)47/h22-24,39H,2-21H2,1H3,(H,35,44)(H,36,40)(H,37,41)(H,38,45)(H,42,43)(H,46,47)(H4,32,33,34)/t22-,23-,24-/m0/s1. The average molecular weight is 672 g/mol. The molecule has 16 heteroatoms. The summed E-state index contributed by atoms with van der Waals surface area (Å²) in [5, 5.41) is 36.3. The summed E-state index contributed by atoms with van der Waals surface area (Å²) in [6.45, 7) is 0.804. The van der Waals surface area contributed by atoms with Crippen LogP contribution in [0.2, 0.25) is 0 Å². The van der Waals surface area contributed by atoms with Crippen molar-refractivity contribution in [3.8, 4) is 0 Å². The Hall–Kier alpha value is -3.95. The van der Waals surface area contributed by atoms with Crippen LogP contribution in [0.5, 0.6) is 0 Å². The molecule has 0 aromatic carbocycles. The normalized spacial score (nSPS) is 12.6. The van der Waals surface area contributed by atoms with Crippen molar-refractivity contribution in [3.63, 3.8) is 0 Å². The number of guanidine groups is 1. The smallest absolute Gasteiger partial charge is 0.328 e. The van der Waals surface area contributed by atoms with Gasteiger partial charge in [-0.2, -0.15) is 0 Å². The molecule has 0 aliphatic heterocycles. The van der Waals surface area contributed by atoms with Crippen molar-refractivity contribution in [1.82, 2.24) is 21.3 Å². The third-order valence-electron chi connectivity index (χ3n) is 7.36. The molecular weight excluding hydrogens is 614 g/mol. The number of carbonyl (C=O) groups is 6. The van der Waals surface area contributed by atoms with Crippen molar-refractivity contribution in [2.24, 2.45) is 16.5 Å². The Balaban J connectivity index is 4.78. The largest absolute Gasteiger partial charge is 0.481 e. The molecule has 4 amide bonds. The first-order chi connectivity index (χ1) is 22.4. The molecule has 0 unspecified atom stereocenters. The highest BCUT2D eigenvalue weighted by molar-refractivity contribution is 5.95. The van der Waals surface area contributed by atoms with E-state index in [2.05, 4.69) is 27.9 Å². The van der Waals surface area contributed by atoms with Crippen molar-refractivity contribution >= 4 is 41.5 Å². The van der Waals surface area contributed by atoms with Crippen LogP contribution in [0.1, 0.15) is 116 Å². The number of hydrogen-bond acceptors (Lipinski definition) is 8. The van der Waals surface area contributed by atoms with Crippen LogP contribution in [-0.2, 0) is 28.8 Å². The van der Waals surface area contributed by atoms with Gasteiger partial charge < -0.3 is 48.1 Å². The second-order valence-corrected chi connectivity index (χ2v) is 11.6. The second kappa shape index (κ2) is 27.2. The Bertz CT molecular complexity index is 990. The van der Waals surface area contributed by atoms with E-state index in [1.165, 1.54) is 57.8 Å². The summed E-state index contributed by atoms with van der Waals surface area (Å²) in [4.78, 5) is 76.5. The zero-order valence-electron chi connectivity index (χ0n) is 27.8. The molecule has 0 radical (unpaired) electrons. The predicted octanol–water partition coefficient (Wildman–Crippen LogP) is 0.644. The third kappa shape index (κ3) is 24.0. The van der Waals surface area contributed by atoms with Gasteiger partial charge in [-0.1, -0.05) is 84.0 Å². The van der Waals surface area contributed by atoms with Crippen LogP contribution in [0.25, 0.3) is 0 Å². The number of aliphatic hydroxyl groups is 1. The number of hydrogen-bond donors (Lipinski definition) is 9. The Labute approximate surface area is 277 Å². The first kappa shape index (κ1) is 43.0. The molecule has 3 atom stereocenters. The molecule has 0 saturated carbocycles. The fourth-order valence-corrected chi connectivity index (χ4v) is 4.72. The molecule has 0 rings (SSSR count). The average Bonchev–Trinajstić information content (AvgIpc) is 3.01. The topological polar surface area (TPSA) is 276 Å². The zero-order valence-corrected chi connectivity index (χ0v) is 27.8. The lowest BCUT2D eigenvalue weighted by Gasteiger charge is -2.21. The van der Waals surface area contributed by atoms with E-state index in [0.717, 1.165) is 19.3 Å². The Morgan fingerprint density at radius 2 is 1.19 bits per heavy atom. The van der Waals surface area contributed by atoms with E-state index >= 15 is 0 Å². The highest BCUT2D eigenvalue weighted by Gasteiger charge is 2.28. The van der Waals surface area contributed by atoms with Gasteiger partial charge >= 0.3 is 11.9 Å². The number of nitrogens with zero attached hydrogens (tertiary/aromatic N) is 1. The van der Waals surface area contributed by atoms with E-state index in [0.29, 0.717) is 12.8 Å². The zero-order chi connectivity index (χ0) is 35.5. The second-order valence-electron chi connectivity index (χ2n) is 11.6. The molecule has 0 bridgehead atoms. The SMILES string of the molecule is CCCCCCCCCCCCCCCC(=O)N[C@@H](CCCN=C(N)N)C(=O)NCC(=O)N[C@@H](CC(=O)O)C(=O)N[C@@H](CO)C(=O)O. The van der Waals surface area contributed by atoms with Crippen LogP contribution < -0.4 is 32.7 Å². The maximum atomic E-state index is 12.9. The van der Waals surface area contributed by atoms with Gasteiger partial charge in [0.15, 0.2) is 5.96 Å². The summed E-state index contributed by atoms with van der Waals surface area (Å²) in [7, 11) is 0. The summed E-state index contributed by atoms with van der Waals surface area (Å²) < 4.78 is 0. The number of nitrogens with one attached hydrogen (secondary N) is 4. The van der Waals surface area contributed by atoms with Crippen LogP contribution in [0, 0.1) is 0 Å². The molecule has 47 heavy (non-hydrogen) atoms. The summed E-state index contributed by atoms with van der Waals surface area (Å²) in [6.07, 6.45) is 15.1. The minimum atomic E-state index is -1.71. The van der Waals surface area contributed by atoms with Crippen molar-refractivity contribution in [3.05, 3.63) is 0 Å². The van der Waals surface area contributed by atoms with E-state index in [1.54, 1.807) is 0 Å². The van der Waals surface area contributed by atoms with Gasteiger partial charge in [0.1, 0.15) is 18.1 Å². The first-order valence-corrected chi connectivity index (χ1v) is 16.7. The molecule has 0 fully saturated rings. The van der Waals surface area contributed by atoms with Gasteiger partial charge in [0.2, 0.25) is 23.6 Å². The van der Waals surface area contributed by atoms with E-state index in [-0.39, 0.29) is 31.3 Å². The maximum Gasteiger partial charge on any atom is 0.328 e. The van der Waals surface area contributed by atoms with E-state index < -0.39 is 67.4 Å². The van der Waals surface area contributed by atoms with Gasteiger partial charge in [0.05, 0.1) is 19.6 Å². The summed E-state index contributed by atoms with van der Waals surface area (Å²) in [5.74, 6) is -6.24. The molecule has 0 aliphatic carbocycles. The first-order valence-electron chi connectivity index (χ1n) is 16.7. The lowest BCUT2D eigenvalue weighted by atomic mass is 10.0. The number of aliphatic carboxylic acids is 2.